The van der Waals surface area contributed by atoms with Gasteiger partial charge in [0.25, 0.3) is 0 Å². The lowest BCUT2D eigenvalue weighted by atomic mass is 9.86. The molecule has 2 fully saturated rings. The van der Waals surface area contributed by atoms with Crippen molar-refractivity contribution in [3.63, 3.8) is 0 Å². The van der Waals surface area contributed by atoms with Crippen molar-refractivity contribution in [1.82, 2.24) is 4.90 Å². The minimum atomic E-state index is -0.798. The van der Waals surface area contributed by atoms with Gasteiger partial charge in [-0.1, -0.05) is 31.2 Å². The molecular weight excluding hydrogens is 470 g/mol. The van der Waals surface area contributed by atoms with Gasteiger partial charge in [-0.25, -0.2) is 4.79 Å². The molecule has 3 aliphatic rings. The number of carboxylic acids is 1. The number of carboxylic acid groups (broad SMARTS) is 1. The molecule has 6 atom stereocenters. The first kappa shape index (κ1) is 27.1. The lowest BCUT2D eigenvalue weighted by Crippen LogP contribution is -2.39. The van der Waals surface area contributed by atoms with E-state index in [-0.39, 0.29) is 36.4 Å². The number of hydrogen-bond acceptors (Lipinski definition) is 5. The average Bonchev–Trinajstić information content (AvgIpc) is 3.40. The Kier molecular flexibility index (Phi) is 9.15. The highest BCUT2D eigenvalue weighted by atomic mass is 16.6. The molecule has 7 nitrogen and oxygen atoms in total. The Balaban J connectivity index is 1.51. The van der Waals surface area contributed by atoms with Gasteiger partial charge >= 0.3 is 12.1 Å². The van der Waals surface area contributed by atoms with Crippen LogP contribution in [-0.2, 0) is 16.0 Å². The highest BCUT2D eigenvalue weighted by molar-refractivity contribution is 5.68. The lowest BCUT2D eigenvalue weighted by Gasteiger charge is -2.29. The number of nitrogens with zero attached hydrogens (tertiary/aromatic N) is 1. The second-order valence-electron chi connectivity index (χ2n) is 10.5. The summed E-state index contributed by atoms with van der Waals surface area (Å²) in [7, 11) is 0. The van der Waals surface area contributed by atoms with E-state index in [1.54, 1.807) is 11.8 Å². The fourth-order valence-corrected chi connectivity index (χ4v) is 5.82. The van der Waals surface area contributed by atoms with E-state index in [1.165, 1.54) is 0 Å². The standard InChI is InChI=1S/C30H39NO6/c1-3-4-10-20(2)25(37-30(35)31-17-6-5-7-18-31)16-15-22-24(32)19-26-28(22)23-13-8-11-21(29(23)36-26)12-9-14-27(33)34/h8,11,13,15-16,20,22,24-26,28,32H,5-7,9-10,12,14,17-19H2,1-2H3,(H,33,34)/b16-15+/t20-,22+,24-,25-,26?,28+/m1/s1. The number of ether oxygens (including phenoxy) is 2. The van der Waals surface area contributed by atoms with Gasteiger partial charge in [-0.2, -0.15) is 0 Å². The second-order valence-corrected chi connectivity index (χ2v) is 10.5. The van der Waals surface area contributed by atoms with Crippen LogP contribution in [0.4, 0.5) is 4.79 Å². The van der Waals surface area contributed by atoms with Crippen LogP contribution in [0.3, 0.4) is 0 Å². The van der Waals surface area contributed by atoms with E-state index in [2.05, 4.69) is 11.8 Å². The Morgan fingerprint density at radius 3 is 2.78 bits per heavy atom. The monoisotopic (exact) mass is 509 g/mol. The Bertz CT molecular complexity index is 1050. The van der Waals surface area contributed by atoms with Crippen molar-refractivity contribution in [2.75, 3.05) is 13.1 Å². The van der Waals surface area contributed by atoms with E-state index in [0.29, 0.717) is 25.7 Å². The van der Waals surface area contributed by atoms with Crippen molar-refractivity contribution >= 4 is 12.1 Å². The molecule has 4 rings (SSSR count). The predicted octanol–water partition coefficient (Wildman–Crippen LogP) is 4.92. The molecular formula is C30H39NO6. The Morgan fingerprint density at radius 2 is 2.05 bits per heavy atom. The number of carbonyl (C=O) groups is 2. The molecule has 1 aromatic carbocycles. The van der Waals surface area contributed by atoms with Crippen molar-refractivity contribution in [2.45, 2.75) is 89.4 Å². The third-order valence-electron chi connectivity index (χ3n) is 7.86. The first-order chi connectivity index (χ1) is 17.9. The van der Waals surface area contributed by atoms with Crippen LogP contribution in [0.25, 0.3) is 0 Å². The summed E-state index contributed by atoms with van der Waals surface area (Å²) in [4.78, 5) is 25.6. The largest absolute Gasteiger partial charge is 0.489 e. The highest BCUT2D eigenvalue weighted by Gasteiger charge is 2.49. The number of hydrogen-bond donors (Lipinski definition) is 2. The number of fused-ring (bicyclic) bond motifs is 3. The summed E-state index contributed by atoms with van der Waals surface area (Å²) in [6, 6.07) is 6.03. The van der Waals surface area contributed by atoms with Crippen LogP contribution in [0.15, 0.2) is 30.4 Å². The normalized spacial score (nSPS) is 26.0. The summed E-state index contributed by atoms with van der Waals surface area (Å²) in [5.74, 6) is 5.93. The first-order valence-electron chi connectivity index (χ1n) is 13.6. The van der Waals surface area contributed by atoms with Crippen molar-refractivity contribution in [3.8, 4) is 17.6 Å². The number of likely N-dealkylation sites (tertiary alicyclic amines) is 1. The molecule has 2 N–H and O–H groups in total. The van der Waals surface area contributed by atoms with Crippen LogP contribution < -0.4 is 4.74 Å². The number of rotatable bonds is 9. The Morgan fingerprint density at radius 1 is 1.27 bits per heavy atom. The molecule has 1 saturated heterocycles. The number of benzene rings is 1. The quantitative estimate of drug-likeness (QED) is 0.363. The molecule has 0 radical (unpaired) electrons. The van der Waals surface area contributed by atoms with Crippen LogP contribution in [0.2, 0.25) is 0 Å². The summed E-state index contributed by atoms with van der Waals surface area (Å²) >= 11 is 0. The maximum atomic E-state index is 12.9. The SMILES string of the molecule is CC#CC[C@@H](C)[C@@H](/C=C/[C@H]1[C@H](O)CC2Oc3c(CCCC(=O)O)cccc3[C@@H]21)OC(=O)N1CCCCC1. The van der Waals surface area contributed by atoms with E-state index in [4.69, 9.17) is 14.6 Å². The topological polar surface area (TPSA) is 96.3 Å². The summed E-state index contributed by atoms with van der Waals surface area (Å²) in [6.07, 6.45) is 8.15. The van der Waals surface area contributed by atoms with Gasteiger partial charge in [0.15, 0.2) is 0 Å². The number of aryl methyl sites for hydroxylation is 1. The number of aliphatic hydroxyl groups is 1. The van der Waals surface area contributed by atoms with E-state index < -0.39 is 18.2 Å². The molecule has 2 heterocycles. The zero-order chi connectivity index (χ0) is 26.4. The number of piperidine rings is 1. The van der Waals surface area contributed by atoms with Gasteiger partial charge in [-0.05, 0) is 50.7 Å². The molecule has 37 heavy (non-hydrogen) atoms. The number of para-hydroxylation sites is 1. The molecule has 1 saturated carbocycles. The van der Waals surface area contributed by atoms with Gasteiger partial charge < -0.3 is 24.6 Å². The first-order valence-corrected chi connectivity index (χ1v) is 13.6. The maximum absolute atomic E-state index is 12.9. The van der Waals surface area contributed by atoms with Crippen molar-refractivity contribution < 1.29 is 29.3 Å². The minimum absolute atomic E-state index is 0.00450. The Hall–Kier alpha value is -2.98. The van der Waals surface area contributed by atoms with Gasteiger partial charge in [0, 0.05) is 55.7 Å². The molecule has 1 unspecified atom stereocenters. The molecule has 7 heteroatoms. The van der Waals surface area contributed by atoms with Gasteiger partial charge in [0.2, 0.25) is 0 Å². The van der Waals surface area contributed by atoms with Crippen LogP contribution in [0, 0.1) is 23.7 Å². The lowest BCUT2D eigenvalue weighted by molar-refractivity contribution is -0.137. The fraction of sp³-hybridized carbons (Fsp3) is 0.600. The third-order valence-corrected chi connectivity index (χ3v) is 7.86. The van der Waals surface area contributed by atoms with E-state index in [9.17, 15) is 14.7 Å². The number of aliphatic carboxylic acids is 1. The van der Waals surface area contributed by atoms with Crippen LogP contribution in [0.1, 0.15) is 75.8 Å². The van der Waals surface area contributed by atoms with Crippen LogP contribution >= 0.6 is 0 Å². The fourth-order valence-electron chi connectivity index (χ4n) is 5.82. The summed E-state index contributed by atoms with van der Waals surface area (Å²) in [5, 5.41) is 19.9. The van der Waals surface area contributed by atoms with Crippen LogP contribution in [0.5, 0.6) is 5.75 Å². The van der Waals surface area contributed by atoms with E-state index in [1.807, 2.05) is 37.3 Å². The number of carbonyl (C=O) groups excluding carboxylic acids is 1. The van der Waals surface area contributed by atoms with Crippen molar-refractivity contribution in [3.05, 3.63) is 41.5 Å². The van der Waals surface area contributed by atoms with Gasteiger partial charge in [-0.15, -0.1) is 11.8 Å². The highest BCUT2D eigenvalue weighted by Crippen LogP contribution is 2.52. The zero-order valence-corrected chi connectivity index (χ0v) is 21.9. The molecule has 0 bridgehead atoms. The van der Waals surface area contributed by atoms with Gasteiger partial charge in [0.1, 0.15) is 18.0 Å². The van der Waals surface area contributed by atoms with E-state index >= 15 is 0 Å². The summed E-state index contributed by atoms with van der Waals surface area (Å²) < 4.78 is 12.3. The molecule has 1 aromatic rings. The molecule has 0 aromatic heterocycles. The summed E-state index contributed by atoms with van der Waals surface area (Å²) in [6.45, 7) is 5.30. The predicted molar refractivity (Wildman–Crippen MR) is 140 cm³/mol. The molecule has 200 valence electrons. The van der Waals surface area contributed by atoms with Crippen LogP contribution in [-0.4, -0.2) is 58.6 Å². The minimum Gasteiger partial charge on any atom is -0.489 e. The smallest absolute Gasteiger partial charge is 0.410 e. The zero-order valence-electron chi connectivity index (χ0n) is 21.9. The van der Waals surface area contributed by atoms with Gasteiger partial charge in [0.05, 0.1) is 6.10 Å². The number of aliphatic hydroxyl groups excluding tert-OH is 1. The third kappa shape index (κ3) is 6.48. The van der Waals surface area contributed by atoms with Gasteiger partial charge in [-0.3, -0.25) is 4.79 Å². The second kappa shape index (κ2) is 12.5. The molecule has 1 aliphatic carbocycles. The maximum Gasteiger partial charge on any atom is 0.410 e. The molecule has 0 spiro atoms. The van der Waals surface area contributed by atoms with Crippen molar-refractivity contribution in [2.24, 2.45) is 11.8 Å². The van der Waals surface area contributed by atoms with E-state index in [0.717, 1.165) is 49.2 Å². The number of amides is 1. The molecule has 1 amide bonds. The average molecular weight is 510 g/mol. The Labute approximate surface area is 219 Å². The molecule has 2 aliphatic heterocycles. The van der Waals surface area contributed by atoms with Crippen molar-refractivity contribution in [1.29, 1.82) is 0 Å². The summed E-state index contributed by atoms with van der Waals surface area (Å²) in [5.41, 5.74) is 2.08.